The van der Waals surface area contributed by atoms with E-state index in [1.54, 1.807) is 0 Å². The van der Waals surface area contributed by atoms with Crippen molar-refractivity contribution in [3.8, 4) is 0 Å². The molecule has 0 saturated heterocycles. The number of amides is 1. The fourth-order valence-electron chi connectivity index (χ4n) is 5.55. The van der Waals surface area contributed by atoms with E-state index < -0.39 is 0 Å². The van der Waals surface area contributed by atoms with Crippen molar-refractivity contribution < 1.29 is 14.3 Å². The summed E-state index contributed by atoms with van der Waals surface area (Å²) in [6.45, 7) is 1.94. The standard InChI is InChI=1S/C18H27NO3/c1-10(13-2-3-13)19-16(20)9-22-18(21)17-14-5-11-4-12(7-14)8-15(17)6-11/h10-15,17H,2-9H2,1H3,(H,19,20)/t10-,11?,12?,14?,15?,17?/m1/s1. The molecule has 0 aliphatic heterocycles. The molecule has 5 rings (SSSR count). The van der Waals surface area contributed by atoms with Gasteiger partial charge in [-0.2, -0.15) is 0 Å². The lowest BCUT2D eigenvalue weighted by Gasteiger charge is -2.53. The van der Waals surface area contributed by atoms with Crippen LogP contribution in [0.25, 0.3) is 0 Å². The topological polar surface area (TPSA) is 55.4 Å². The molecule has 0 radical (unpaired) electrons. The van der Waals surface area contributed by atoms with Gasteiger partial charge in [-0.05, 0) is 81.5 Å². The van der Waals surface area contributed by atoms with Gasteiger partial charge in [0.1, 0.15) is 0 Å². The van der Waals surface area contributed by atoms with Gasteiger partial charge in [-0.15, -0.1) is 0 Å². The van der Waals surface area contributed by atoms with E-state index in [2.05, 4.69) is 5.32 Å². The van der Waals surface area contributed by atoms with Gasteiger partial charge in [0, 0.05) is 6.04 Å². The minimum atomic E-state index is -0.142. The van der Waals surface area contributed by atoms with Crippen LogP contribution in [0.1, 0.15) is 51.9 Å². The number of hydrogen-bond donors (Lipinski definition) is 1. The average molecular weight is 305 g/mol. The Morgan fingerprint density at radius 3 is 2.18 bits per heavy atom. The molecule has 4 heteroatoms. The summed E-state index contributed by atoms with van der Waals surface area (Å²) < 4.78 is 5.38. The Morgan fingerprint density at radius 2 is 1.64 bits per heavy atom. The zero-order valence-electron chi connectivity index (χ0n) is 13.4. The molecular formula is C18H27NO3. The Bertz CT molecular complexity index is 443. The van der Waals surface area contributed by atoms with Gasteiger partial charge in [-0.25, -0.2) is 0 Å². The number of ether oxygens (including phenoxy) is 1. The van der Waals surface area contributed by atoms with Gasteiger partial charge in [0.05, 0.1) is 5.92 Å². The Balaban J connectivity index is 1.28. The number of carbonyl (C=O) groups excluding carboxylic acids is 2. The van der Waals surface area contributed by atoms with Crippen molar-refractivity contribution in [2.75, 3.05) is 6.61 Å². The van der Waals surface area contributed by atoms with Crippen LogP contribution < -0.4 is 5.32 Å². The number of rotatable bonds is 5. The lowest BCUT2D eigenvalue weighted by Crippen LogP contribution is -2.49. The Labute approximate surface area is 132 Å². The van der Waals surface area contributed by atoms with E-state index in [1.807, 2.05) is 6.92 Å². The lowest BCUT2D eigenvalue weighted by atomic mass is 9.52. The third-order valence-electron chi connectivity index (χ3n) is 6.56. The van der Waals surface area contributed by atoms with Crippen molar-refractivity contribution in [1.82, 2.24) is 5.32 Å². The van der Waals surface area contributed by atoms with Crippen molar-refractivity contribution in [2.24, 2.45) is 35.5 Å². The Morgan fingerprint density at radius 1 is 1.05 bits per heavy atom. The van der Waals surface area contributed by atoms with Gasteiger partial charge in [0.2, 0.25) is 0 Å². The molecule has 1 amide bonds. The highest BCUT2D eigenvalue weighted by molar-refractivity contribution is 5.81. The summed E-state index contributed by atoms with van der Waals surface area (Å²) in [6, 6.07) is 0.215. The number of esters is 1. The molecule has 22 heavy (non-hydrogen) atoms. The molecule has 4 nitrogen and oxygen atoms in total. The molecule has 5 aliphatic carbocycles. The van der Waals surface area contributed by atoms with Crippen LogP contribution >= 0.6 is 0 Å². The zero-order chi connectivity index (χ0) is 15.3. The van der Waals surface area contributed by atoms with Crippen LogP contribution in [-0.2, 0) is 14.3 Å². The van der Waals surface area contributed by atoms with E-state index in [-0.39, 0.29) is 30.4 Å². The van der Waals surface area contributed by atoms with Crippen LogP contribution in [0.15, 0.2) is 0 Å². The smallest absolute Gasteiger partial charge is 0.310 e. The lowest BCUT2D eigenvalue weighted by molar-refractivity contribution is -0.165. The predicted molar refractivity (Wildman–Crippen MR) is 81.8 cm³/mol. The second-order valence-electron chi connectivity index (χ2n) is 8.26. The Kier molecular flexibility index (Phi) is 3.66. The fraction of sp³-hybridized carbons (Fsp3) is 0.889. The fourth-order valence-corrected chi connectivity index (χ4v) is 5.55. The predicted octanol–water partition coefficient (Wildman–Crippen LogP) is 2.52. The van der Waals surface area contributed by atoms with E-state index in [0.29, 0.717) is 17.8 Å². The van der Waals surface area contributed by atoms with E-state index in [4.69, 9.17) is 4.74 Å². The maximum absolute atomic E-state index is 12.5. The van der Waals surface area contributed by atoms with Gasteiger partial charge in [0.25, 0.3) is 5.91 Å². The summed E-state index contributed by atoms with van der Waals surface area (Å²) in [5, 5.41) is 2.95. The highest BCUT2D eigenvalue weighted by Crippen LogP contribution is 2.56. The molecule has 1 N–H and O–H groups in total. The minimum absolute atomic E-state index is 0.0708. The Hall–Kier alpha value is -1.06. The van der Waals surface area contributed by atoms with E-state index >= 15 is 0 Å². The van der Waals surface area contributed by atoms with Crippen molar-refractivity contribution >= 4 is 11.9 Å². The van der Waals surface area contributed by atoms with Crippen LogP contribution in [0.5, 0.6) is 0 Å². The van der Waals surface area contributed by atoms with Crippen molar-refractivity contribution in [3.05, 3.63) is 0 Å². The summed E-state index contributed by atoms with van der Waals surface area (Å²) >= 11 is 0. The molecule has 0 unspecified atom stereocenters. The summed E-state index contributed by atoms with van der Waals surface area (Å²) in [6.07, 6.45) is 8.62. The molecule has 5 aliphatic rings. The number of nitrogens with one attached hydrogen (secondary N) is 1. The first kappa shape index (κ1) is 14.5. The van der Waals surface area contributed by atoms with Crippen LogP contribution in [-0.4, -0.2) is 24.5 Å². The highest BCUT2D eigenvalue weighted by atomic mass is 16.5. The van der Waals surface area contributed by atoms with Crippen molar-refractivity contribution in [3.63, 3.8) is 0 Å². The third-order valence-corrected chi connectivity index (χ3v) is 6.56. The molecule has 0 spiro atoms. The summed E-state index contributed by atoms with van der Waals surface area (Å²) in [7, 11) is 0. The molecular weight excluding hydrogens is 278 g/mol. The minimum Gasteiger partial charge on any atom is -0.455 e. The molecule has 0 aromatic rings. The van der Waals surface area contributed by atoms with Crippen LogP contribution in [0.3, 0.4) is 0 Å². The normalized spacial score (nSPS) is 40.3. The van der Waals surface area contributed by atoms with Gasteiger partial charge in [0.15, 0.2) is 6.61 Å². The second-order valence-corrected chi connectivity index (χ2v) is 8.26. The van der Waals surface area contributed by atoms with Gasteiger partial charge in [-0.3, -0.25) is 9.59 Å². The van der Waals surface area contributed by atoms with Gasteiger partial charge in [-0.1, -0.05) is 0 Å². The van der Waals surface area contributed by atoms with Crippen molar-refractivity contribution in [1.29, 1.82) is 0 Å². The van der Waals surface area contributed by atoms with E-state index in [9.17, 15) is 9.59 Å². The zero-order valence-corrected chi connectivity index (χ0v) is 13.4. The molecule has 5 saturated carbocycles. The van der Waals surface area contributed by atoms with Gasteiger partial charge >= 0.3 is 5.97 Å². The molecule has 0 aromatic carbocycles. The van der Waals surface area contributed by atoms with Crippen LogP contribution in [0, 0.1) is 35.5 Å². The summed E-state index contributed by atoms with van der Waals surface area (Å²) in [5.41, 5.74) is 0. The first-order valence-corrected chi connectivity index (χ1v) is 9.06. The molecule has 5 fully saturated rings. The monoisotopic (exact) mass is 305 g/mol. The molecule has 0 aromatic heterocycles. The number of carbonyl (C=O) groups is 2. The first-order valence-electron chi connectivity index (χ1n) is 9.06. The molecule has 4 bridgehead atoms. The van der Waals surface area contributed by atoms with E-state index in [0.717, 1.165) is 11.8 Å². The highest BCUT2D eigenvalue weighted by Gasteiger charge is 2.51. The van der Waals surface area contributed by atoms with Gasteiger partial charge < -0.3 is 10.1 Å². The van der Waals surface area contributed by atoms with E-state index in [1.165, 1.54) is 44.9 Å². The maximum atomic E-state index is 12.5. The first-order chi connectivity index (χ1) is 10.6. The largest absolute Gasteiger partial charge is 0.455 e. The summed E-state index contributed by atoms with van der Waals surface area (Å²) in [4.78, 5) is 24.4. The molecule has 0 heterocycles. The van der Waals surface area contributed by atoms with Crippen molar-refractivity contribution in [2.45, 2.75) is 57.9 Å². The molecule has 122 valence electrons. The van der Waals surface area contributed by atoms with Crippen LogP contribution in [0.4, 0.5) is 0 Å². The molecule has 1 atom stereocenters. The van der Waals surface area contributed by atoms with Crippen LogP contribution in [0.2, 0.25) is 0 Å². The second kappa shape index (κ2) is 5.54. The third kappa shape index (κ3) is 2.77. The number of hydrogen-bond acceptors (Lipinski definition) is 3. The quantitative estimate of drug-likeness (QED) is 0.794. The average Bonchev–Trinajstić information content (AvgIpc) is 3.28. The summed E-state index contributed by atoms with van der Waals surface area (Å²) in [5.74, 6) is 3.21. The SMILES string of the molecule is C[C@@H](NC(=O)COC(=O)C1C2CC3CC(C2)CC1C3)C1CC1. The maximum Gasteiger partial charge on any atom is 0.310 e.